The molecule has 0 aliphatic heterocycles. The molecule has 0 saturated carbocycles. The van der Waals surface area contributed by atoms with Crippen molar-refractivity contribution >= 4 is 27.9 Å². The highest BCUT2D eigenvalue weighted by Crippen LogP contribution is 2.19. The van der Waals surface area contributed by atoms with Gasteiger partial charge in [0.2, 0.25) is 0 Å². The summed E-state index contributed by atoms with van der Waals surface area (Å²) in [7, 11) is 0. The molecule has 18 heavy (non-hydrogen) atoms. The molecule has 0 atom stereocenters. The number of H-pyrrole nitrogens is 1. The third-order valence-electron chi connectivity index (χ3n) is 2.08. The zero-order valence-electron chi connectivity index (χ0n) is 8.88. The highest BCUT2D eigenvalue weighted by Gasteiger charge is 2.20. The molecule has 0 bridgehead atoms. The van der Waals surface area contributed by atoms with E-state index >= 15 is 0 Å². The van der Waals surface area contributed by atoms with Crippen molar-refractivity contribution in [2.75, 3.05) is 0 Å². The highest BCUT2D eigenvalue weighted by molar-refractivity contribution is 9.10. The van der Waals surface area contributed by atoms with Crippen LogP contribution in [0.1, 0.15) is 20.8 Å². The molecular formula is C11H7BrN2O4. The third kappa shape index (κ3) is 2.57. The van der Waals surface area contributed by atoms with Gasteiger partial charge in [-0.1, -0.05) is 22.0 Å². The molecule has 2 N–H and O–H groups in total. The lowest BCUT2D eigenvalue weighted by molar-refractivity contribution is 0.0666. The van der Waals surface area contributed by atoms with Crippen LogP contribution < -0.4 is 4.74 Å². The van der Waals surface area contributed by atoms with Crippen LogP contribution in [-0.4, -0.2) is 27.2 Å². The van der Waals surface area contributed by atoms with Crippen LogP contribution in [0.25, 0.3) is 0 Å². The van der Waals surface area contributed by atoms with E-state index in [1.54, 1.807) is 24.3 Å². The largest absolute Gasteiger partial charge is 0.478 e. The first-order chi connectivity index (χ1) is 8.58. The number of hydrogen-bond acceptors (Lipinski definition) is 4. The first-order valence-electron chi connectivity index (χ1n) is 4.82. The van der Waals surface area contributed by atoms with Crippen molar-refractivity contribution in [3.05, 3.63) is 46.2 Å². The Morgan fingerprint density at radius 1 is 1.39 bits per heavy atom. The summed E-state index contributed by atoms with van der Waals surface area (Å²) in [4.78, 5) is 22.6. The second-order valence-electron chi connectivity index (χ2n) is 3.31. The molecule has 0 spiro atoms. The van der Waals surface area contributed by atoms with Crippen molar-refractivity contribution in [3.63, 3.8) is 0 Å². The number of nitrogens with one attached hydrogen (secondary N) is 1. The van der Waals surface area contributed by atoms with Gasteiger partial charge in [0, 0.05) is 4.47 Å². The molecule has 0 radical (unpaired) electrons. The number of carbonyl (C=O) groups excluding carboxylic acids is 1. The minimum atomic E-state index is -1.25. The van der Waals surface area contributed by atoms with E-state index in [1.807, 2.05) is 0 Å². The van der Waals surface area contributed by atoms with Crippen LogP contribution in [-0.2, 0) is 0 Å². The van der Waals surface area contributed by atoms with Gasteiger partial charge < -0.3 is 9.84 Å². The van der Waals surface area contributed by atoms with Gasteiger partial charge in [-0.2, -0.15) is 5.10 Å². The summed E-state index contributed by atoms with van der Waals surface area (Å²) in [5.41, 5.74) is -0.419. The summed E-state index contributed by atoms with van der Waals surface area (Å²) >= 11 is 3.23. The van der Waals surface area contributed by atoms with Gasteiger partial charge in [0.05, 0.1) is 6.20 Å². The Bertz CT molecular complexity index is 609. The Morgan fingerprint density at radius 2 is 2.17 bits per heavy atom. The molecule has 0 aliphatic rings. The van der Waals surface area contributed by atoms with Gasteiger partial charge in [-0.3, -0.25) is 5.10 Å². The first-order valence-corrected chi connectivity index (χ1v) is 5.61. The van der Waals surface area contributed by atoms with E-state index in [0.29, 0.717) is 5.75 Å². The Morgan fingerprint density at radius 3 is 2.83 bits per heavy atom. The number of halogens is 1. The summed E-state index contributed by atoms with van der Waals surface area (Å²) in [6, 6.07) is 6.64. The lowest BCUT2D eigenvalue weighted by atomic mass is 10.2. The number of aromatic amines is 1. The van der Waals surface area contributed by atoms with Crippen LogP contribution in [0, 0.1) is 0 Å². The summed E-state index contributed by atoms with van der Waals surface area (Å²) in [6.45, 7) is 0. The fraction of sp³-hybridized carbons (Fsp3) is 0. The number of benzene rings is 1. The van der Waals surface area contributed by atoms with Crippen LogP contribution in [0.4, 0.5) is 0 Å². The van der Waals surface area contributed by atoms with E-state index < -0.39 is 11.9 Å². The Hall–Kier alpha value is -2.15. The number of carbonyl (C=O) groups is 2. The lowest BCUT2D eigenvalue weighted by Gasteiger charge is -2.03. The Labute approximate surface area is 110 Å². The second kappa shape index (κ2) is 5.01. The molecular weight excluding hydrogens is 304 g/mol. The number of carboxylic acid groups (broad SMARTS) is 1. The van der Waals surface area contributed by atoms with Crippen LogP contribution in [0.15, 0.2) is 34.9 Å². The molecule has 1 aromatic heterocycles. The molecule has 0 amide bonds. The van der Waals surface area contributed by atoms with E-state index in [1.165, 1.54) is 0 Å². The normalized spacial score (nSPS) is 10.1. The van der Waals surface area contributed by atoms with Crippen molar-refractivity contribution in [2.45, 2.75) is 0 Å². The van der Waals surface area contributed by atoms with Crippen LogP contribution in [0.5, 0.6) is 5.75 Å². The molecule has 7 heteroatoms. The van der Waals surface area contributed by atoms with Gasteiger partial charge in [0.25, 0.3) is 0 Å². The summed E-state index contributed by atoms with van der Waals surface area (Å²) in [5.74, 6) is -1.74. The van der Waals surface area contributed by atoms with Crippen LogP contribution in [0.2, 0.25) is 0 Å². The number of aromatic carboxylic acids is 1. The molecule has 6 nitrogen and oxygen atoms in total. The number of hydrogen-bond donors (Lipinski definition) is 2. The highest BCUT2D eigenvalue weighted by atomic mass is 79.9. The molecule has 92 valence electrons. The lowest BCUT2D eigenvalue weighted by Crippen LogP contribution is -2.13. The molecule has 1 aromatic carbocycles. The fourth-order valence-electron chi connectivity index (χ4n) is 1.29. The topological polar surface area (TPSA) is 92.3 Å². The van der Waals surface area contributed by atoms with Crippen molar-refractivity contribution in [1.82, 2.24) is 10.2 Å². The minimum Gasteiger partial charge on any atom is -0.478 e. The predicted octanol–water partition coefficient (Wildman–Crippen LogP) is 2.09. The average molecular weight is 311 g/mol. The van der Waals surface area contributed by atoms with Gasteiger partial charge in [-0.15, -0.1) is 0 Å². The number of carboxylic acids is 1. The first kappa shape index (κ1) is 12.3. The maximum Gasteiger partial charge on any atom is 0.362 e. The quantitative estimate of drug-likeness (QED) is 0.669. The van der Waals surface area contributed by atoms with E-state index in [0.717, 1.165) is 10.7 Å². The van der Waals surface area contributed by atoms with E-state index in [4.69, 9.17) is 9.84 Å². The van der Waals surface area contributed by atoms with Crippen molar-refractivity contribution in [1.29, 1.82) is 0 Å². The summed E-state index contributed by atoms with van der Waals surface area (Å²) in [6.07, 6.45) is 1.06. The summed E-state index contributed by atoms with van der Waals surface area (Å²) in [5, 5.41) is 14.7. The van der Waals surface area contributed by atoms with Crippen molar-refractivity contribution < 1.29 is 19.4 Å². The third-order valence-corrected chi connectivity index (χ3v) is 2.57. The maximum atomic E-state index is 11.7. The second-order valence-corrected chi connectivity index (χ2v) is 4.23. The van der Waals surface area contributed by atoms with Crippen molar-refractivity contribution in [2.24, 2.45) is 0 Å². The van der Waals surface area contributed by atoms with Gasteiger partial charge in [0.1, 0.15) is 11.3 Å². The Balaban J connectivity index is 2.22. The number of ether oxygens (including phenoxy) is 1. The molecule has 1 heterocycles. The van der Waals surface area contributed by atoms with Gasteiger partial charge in [-0.25, -0.2) is 9.59 Å². The van der Waals surface area contributed by atoms with E-state index in [9.17, 15) is 9.59 Å². The van der Waals surface area contributed by atoms with E-state index in [-0.39, 0.29) is 11.3 Å². The number of rotatable bonds is 3. The molecule has 2 aromatic rings. The smallest absolute Gasteiger partial charge is 0.362 e. The molecule has 0 saturated heterocycles. The molecule has 0 aliphatic carbocycles. The van der Waals surface area contributed by atoms with Gasteiger partial charge >= 0.3 is 11.9 Å². The molecule has 0 fully saturated rings. The van der Waals surface area contributed by atoms with Crippen LogP contribution >= 0.6 is 15.9 Å². The van der Waals surface area contributed by atoms with Crippen LogP contribution in [0.3, 0.4) is 0 Å². The Kier molecular flexibility index (Phi) is 3.42. The van der Waals surface area contributed by atoms with E-state index in [2.05, 4.69) is 26.1 Å². The van der Waals surface area contributed by atoms with Gasteiger partial charge in [0.15, 0.2) is 5.69 Å². The monoisotopic (exact) mass is 310 g/mol. The minimum absolute atomic E-state index is 0.192. The fourth-order valence-corrected chi connectivity index (χ4v) is 1.67. The number of esters is 1. The zero-order chi connectivity index (χ0) is 13.1. The standard InChI is InChI=1S/C11H7BrN2O4/c12-6-2-1-3-7(4-6)18-11(17)9-8(10(15)16)5-13-14-9/h1-5H,(H,13,14)(H,15,16). The predicted molar refractivity (Wildman–Crippen MR) is 64.6 cm³/mol. The van der Waals surface area contributed by atoms with Crippen molar-refractivity contribution in [3.8, 4) is 5.75 Å². The van der Waals surface area contributed by atoms with Gasteiger partial charge in [-0.05, 0) is 18.2 Å². The number of nitrogens with zero attached hydrogens (tertiary/aromatic N) is 1. The maximum absolute atomic E-state index is 11.7. The zero-order valence-corrected chi connectivity index (χ0v) is 10.5. The number of aromatic nitrogens is 2. The molecule has 0 unspecified atom stereocenters. The molecule has 2 rings (SSSR count). The summed E-state index contributed by atoms with van der Waals surface area (Å²) < 4.78 is 5.77. The SMILES string of the molecule is O=C(O)c1cn[nH]c1C(=O)Oc1cccc(Br)c1. The average Bonchev–Trinajstić information content (AvgIpc) is 2.77.